The molecule has 0 aliphatic heterocycles. The van der Waals surface area contributed by atoms with Crippen LogP contribution in [0.3, 0.4) is 0 Å². The van der Waals surface area contributed by atoms with Crippen molar-refractivity contribution in [1.82, 2.24) is 4.98 Å². The topological polar surface area (TPSA) is 38.9 Å². The van der Waals surface area contributed by atoms with Crippen molar-refractivity contribution < 1.29 is 13.2 Å². The van der Waals surface area contributed by atoms with Crippen molar-refractivity contribution in [2.24, 2.45) is 5.73 Å². The molecule has 0 aliphatic rings. The molecule has 2 aromatic rings. The number of alkyl halides is 3. The standard InChI is InChI=1S/C15H15F3N2/c16-15(17,18)14-6-2-1-5-13(14)11-7-8-12(20-10-11)4-3-9-19/h1-2,5-8,10H,3-4,9,19H2. The zero-order valence-electron chi connectivity index (χ0n) is 10.8. The Kier molecular flexibility index (Phi) is 4.39. The number of nitrogens with zero attached hydrogens (tertiary/aromatic N) is 1. The lowest BCUT2D eigenvalue weighted by molar-refractivity contribution is -0.137. The largest absolute Gasteiger partial charge is 0.417 e. The number of aryl methyl sites for hydroxylation is 1. The number of rotatable bonds is 4. The molecule has 0 spiro atoms. The van der Waals surface area contributed by atoms with Gasteiger partial charge in [0.25, 0.3) is 0 Å². The van der Waals surface area contributed by atoms with Gasteiger partial charge in [-0.1, -0.05) is 24.3 Å². The maximum absolute atomic E-state index is 12.9. The highest BCUT2D eigenvalue weighted by Crippen LogP contribution is 2.36. The molecule has 1 aromatic carbocycles. The van der Waals surface area contributed by atoms with Crippen molar-refractivity contribution in [1.29, 1.82) is 0 Å². The normalized spacial score (nSPS) is 11.6. The molecule has 0 saturated carbocycles. The lowest BCUT2D eigenvalue weighted by Gasteiger charge is -2.12. The molecule has 0 amide bonds. The molecule has 106 valence electrons. The van der Waals surface area contributed by atoms with Gasteiger partial charge in [0.1, 0.15) is 0 Å². The van der Waals surface area contributed by atoms with Crippen LogP contribution in [0.1, 0.15) is 17.7 Å². The summed E-state index contributed by atoms with van der Waals surface area (Å²) in [5.41, 5.74) is 6.22. The summed E-state index contributed by atoms with van der Waals surface area (Å²) in [4.78, 5) is 4.19. The SMILES string of the molecule is NCCCc1ccc(-c2ccccc2C(F)(F)F)cn1. The van der Waals surface area contributed by atoms with Crippen LogP contribution in [0, 0.1) is 0 Å². The van der Waals surface area contributed by atoms with Crippen LogP contribution >= 0.6 is 0 Å². The van der Waals surface area contributed by atoms with Gasteiger partial charge in [-0.3, -0.25) is 4.98 Å². The molecule has 2 nitrogen and oxygen atoms in total. The first kappa shape index (κ1) is 14.5. The average molecular weight is 280 g/mol. The molecule has 0 radical (unpaired) electrons. The zero-order chi connectivity index (χ0) is 14.6. The Morgan fingerprint density at radius 2 is 1.80 bits per heavy atom. The number of benzene rings is 1. The van der Waals surface area contributed by atoms with Crippen molar-refractivity contribution in [2.45, 2.75) is 19.0 Å². The molecule has 2 rings (SSSR count). The summed E-state index contributed by atoms with van der Waals surface area (Å²) < 4.78 is 38.8. The number of aromatic nitrogens is 1. The summed E-state index contributed by atoms with van der Waals surface area (Å²) in [6, 6.07) is 8.93. The van der Waals surface area contributed by atoms with E-state index < -0.39 is 11.7 Å². The molecular formula is C15H15F3N2. The van der Waals surface area contributed by atoms with E-state index >= 15 is 0 Å². The predicted octanol–water partition coefficient (Wildman–Crippen LogP) is 3.66. The van der Waals surface area contributed by atoms with Crippen LogP contribution in [0.25, 0.3) is 11.1 Å². The quantitative estimate of drug-likeness (QED) is 0.928. The molecule has 0 atom stereocenters. The minimum atomic E-state index is -4.37. The Bertz CT molecular complexity index is 562. The first-order chi connectivity index (χ1) is 9.52. The molecule has 0 saturated heterocycles. The Morgan fingerprint density at radius 3 is 2.40 bits per heavy atom. The van der Waals surface area contributed by atoms with Crippen molar-refractivity contribution in [3.8, 4) is 11.1 Å². The molecule has 0 fully saturated rings. The average Bonchev–Trinajstić information content (AvgIpc) is 2.45. The minimum Gasteiger partial charge on any atom is -0.330 e. The fourth-order valence-corrected chi connectivity index (χ4v) is 2.00. The molecule has 5 heteroatoms. The molecule has 1 aromatic heterocycles. The van der Waals surface area contributed by atoms with E-state index in [0.29, 0.717) is 12.1 Å². The number of hydrogen-bond acceptors (Lipinski definition) is 2. The van der Waals surface area contributed by atoms with E-state index in [0.717, 1.165) is 24.6 Å². The second-order valence-electron chi connectivity index (χ2n) is 4.47. The molecule has 0 aliphatic carbocycles. The van der Waals surface area contributed by atoms with Gasteiger partial charge in [-0.15, -0.1) is 0 Å². The fourth-order valence-electron chi connectivity index (χ4n) is 2.00. The first-order valence-corrected chi connectivity index (χ1v) is 6.34. The van der Waals surface area contributed by atoms with Crippen LogP contribution in [0.4, 0.5) is 13.2 Å². The molecule has 1 heterocycles. The van der Waals surface area contributed by atoms with E-state index in [9.17, 15) is 13.2 Å². The Balaban J connectivity index is 2.33. The monoisotopic (exact) mass is 280 g/mol. The molecular weight excluding hydrogens is 265 g/mol. The minimum absolute atomic E-state index is 0.151. The predicted molar refractivity (Wildman–Crippen MR) is 72.1 cm³/mol. The maximum Gasteiger partial charge on any atom is 0.417 e. The zero-order valence-corrected chi connectivity index (χ0v) is 10.8. The third kappa shape index (κ3) is 3.36. The highest BCUT2D eigenvalue weighted by molar-refractivity contribution is 5.67. The van der Waals surface area contributed by atoms with Gasteiger partial charge in [0.2, 0.25) is 0 Å². The molecule has 0 unspecified atom stereocenters. The molecule has 0 bridgehead atoms. The van der Waals surface area contributed by atoms with Crippen LogP contribution in [0.15, 0.2) is 42.6 Å². The van der Waals surface area contributed by atoms with E-state index in [1.807, 2.05) is 0 Å². The number of nitrogens with two attached hydrogens (primary N) is 1. The Labute approximate surface area is 115 Å². The van der Waals surface area contributed by atoms with Gasteiger partial charge < -0.3 is 5.73 Å². The van der Waals surface area contributed by atoms with Crippen LogP contribution in [-0.2, 0) is 12.6 Å². The van der Waals surface area contributed by atoms with Gasteiger partial charge in [-0.2, -0.15) is 13.2 Å². The van der Waals surface area contributed by atoms with E-state index in [1.54, 1.807) is 18.2 Å². The van der Waals surface area contributed by atoms with E-state index in [-0.39, 0.29) is 5.56 Å². The Hall–Kier alpha value is -1.88. The van der Waals surface area contributed by atoms with Gasteiger partial charge in [0, 0.05) is 17.5 Å². The van der Waals surface area contributed by atoms with E-state index in [1.165, 1.54) is 18.3 Å². The molecule has 20 heavy (non-hydrogen) atoms. The summed E-state index contributed by atoms with van der Waals surface area (Å²) in [6.45, 7) is 0.570. The highest BCUT2D eigenvalue weighted by atomic mass is 19.4. The lowest BCUT2D eigenvalue weighted by atomic mass is 10.0. The summed E-state index contributed by atoms with van der Waals surface area (Å²) in [7, 11) is 0. The second kappa shape index (κ2) is 6.05. The van der Waals surface area contributed by atoms with Crippen molar-refractivity contribution in [3.63, 3.8) is 0 Å². The smallest absolute Gasteiger partial charge is 0.330 e. The van der Waals surface area contributed by atoms with E-state index in [2.05, 4.69) is 4.98 Å². The van der Waals surface area contributed by atoms with Crippen molar-refractivity contribution in [3.05, 3.63) is 53.9 Å². The second-order valence-corrected chi connectivity index (χ2v) is 4.47. The maximum atomic E-state index is 12.9. The van der Waals surface area contributed by atoms with Crippen molar-refractivity contribution >= 4 is 0 Å². The van der Waals surface area contributed by atoms with E-state index in [4.69, 9.17) is 5.73 Å². The number of halogens is 3. The Morgan fingerprint density at radius 1 is 1.05 bits per heavy atom. The fraction of sp³-hybridized carbons (Fsp3) is 0.267. The van der Waals surface area contributed by atoms with Gasteiger partial charge in [0.05, 0.1) is 5.56 Å². The third-order valence-corrected chi connectivity index (χ3v) is 3.01. The third-order valence-electron chi connectivity index (χ3n) is 3.01. The van der Waals surface area contributed by atoms with Crippen molar-refractivity contribution in [2.75, 3.05) is 6.54 Å². The van der Waals surface area contributed by atoms with Gasteiger partial charge in [-0.25, -0.2) is 0 Å². The van der Waals surface area contributed by atoms with Gasteiger partial charge in [-0.05, 0) is 37.1 Å². The summed E-state index contributed by atoms with van der Waals surface area (Å²) >= 11 is 0. The number of hydrogen-bond donors (Lipinski definition) is 1. The van der Waals surface area contributed by atoms with Gasteiger partial charge in [0.15, 0.2) is 0 Å². The van der Waals surface area contributed by atoms with Gasteiger partial charge >= 0.3 is 6.18 Å². The van der Waals surface area contributed by atoms with Crippen LogP contribution in [-0.4, -0.2) is 11.5 Å². The van der Waals surface area contributed by atoms with Crippen LogP contribution in [0.5, 0.6) is 0 Å². The first-order valence-electron chi connectivity index (χ1n) is 6.34. The van der Waals surface area contributed by atoms with Crippen LogP contribution in [0.2, 0.25) is 0 Å². The number of pyridine rings is 1. The molecule has 2 N–H and O–H groups in total. The van der Waals surface area contributed by atoms with Crippen LogP contribution < -0.4 is 5.73 Å². The summed E-state index contributed by atoms with van der Waals surface area (Å²) in [5.74, 6) is 0. The highest BCUT2D eigenvalue weighted by Gasteiger charge is 2.33. The lowest BCUT2D eigenvalue weighted by Crippen LogP contribution is -2.07. The summed E-state index contributed by atoms with van der Waals surface area (Å²) in [5, 5.41) is 0. The summed E-state index contributed by atoms with van der Waals surface area (Å²) in [6.07, 6.45) is -1.34.